The summed E-state index contributed by atoms with van der Waals surface area (Å²) in [6, 6.07) is 0.0311. The van der Waals surface area contributed by atoms with E-state index >= 15 is 0 Å². The summed E-state index contributed by atoms with van der Waals surface area (Å²) in [6.45, 7) is 2.02. The minimum Gasteiger partial charge on any atom is -0.468 e. The van der Waals surface area contributed by atoms with Crippen molar-refractivity contribution in [2.24, 2.45) is 0 Å². The van der Waals surface area contributed by atoms with Crippen LogP contribution in [-0.2, 0) is 14.3 Å². The van der Waals surface area contributed by atoms with Gasteiger partial charge in [0.2, 0.25) is 5.91 Å². The molecule has 0 aromatic carbocycles. The van der Waals surface area contributed by atoms with Crippen molar-refractivity contribution >= 4 is 11.9 Å². The Morgan fingerprint density at radius 2 is 2.00 bits per heavy atom. The highest BCUT2D eigenvalue weighted by Crippen LogP contribution is 2.25. The van der Waals surface area contributed by atoms with E-state index in [1.54, 1.807) is 7.05 Å². The second kappa shape index (κ2) is 6.59. The number of likely N-dealkylation sites (N-methyl/N-ethyl adjacent to an activating group) is 1. The SMILES string of the molecule is CNC(=O)C(C)N(CC(=O)OC)C1CCCC1. The van der Waals surface area contributed by atoms with Crippen LogP contribution in [0.25, 0.3) is 0 Å². The molecule has 0 aromatic rings. The molecule has 5 nitrogen and oxygen atoms in total. The topological polar surface area (TPSA) is 58.6 Å². The highest BCUT2D eigenvalue weighted by molar-refractivity contribution is 5.82. The molecule has 0 bridgehead atoms. The second-order valence-corrected chi connectivity index (χ2v) is 4.48. The van der Waals surface area contributed by atoms with Crippen molar-refractivity contribution in [3.8, 4) is 0 Å². The van der Waals surface area contributed by atoms with Crippen LogP contribution in [0.3, 0.4) is 0 Å². The van der Waals surface area contributed by atoms with Crippen LogP contribution in [0.1, 0.15) is 32.6 Å². The minimum absolute atomic E-state index is 0.0548. The van der Waals surface area contributed by atoms with Gasteiger partial charge >= 0.3 is 5.97 Å². The van der Waals surface area contributed by atoms with Gasteiger partial charge in [0.05, 0.1) is 19.7 Å². The summed E-state index contributed by atoms with van der Waals surface area (Å²) in [4.78, 5) is 25.0. The number of carbonyl (C=O) groups excluding carboxylic acids is 2. The van der Waals surface area contributed by atoms with E-state index in [9.17, 15) is 9.59 Å². The van der Waals surface area contributed by atoms with Crippen LogP contribution in [0, 0.1) is 0 Å². The molecule has 1 N–H and O–H groups in total. The van der Waals surface area contributed by atoms with Crippen LogP contribution in [0.15, 0.2) is 0 Å². The van der Waals surface area contributed by atoms with Gasteiger partial charge in [-0.15, -0.1) is 0 Å². The van der Waals surface area contributed by atoms with E-state index in [-0.39, 0.29) is 24.5 Å². The van der Waals surface area contributed by atoms with Gasteiger partial charge in [0, 0.05) is 13.1 Å². The highest BCUT2D eigenvalue weighted by Gasteiger charge is 2.31. The number of methoxy groups -OCH3 is 1. The third kappa shape index (κ3) is 3.70. The molecule has 1 aliphatic rings. The average molecular weight is 242 g/mol. The molecule has 1 saturated carbocycles. The summed E-state index contributed by atoms with van der Waals surface area (Å²) >= 11 is 0. The minimum atomic E-state index is -0.290. The standard InChI is InChI=1S/C12H22N2O3/c1-9(12(16)13-2)14(8-11(15)17-3)10-6-4-5-7-10/h9-10H,4-8H2,1-3H3,(H,13,16). The van der Waals surface area contributed by atoms with E-state index in [4.69, 9.17) is 4.74 Å². The number of nitrogens with one attached hydrogen (secondary N) is 1. The molecule has 1 amide bonds. The second-order valence-electron chi connectivity index (χ2n) is 4.48. The molecule has 0 spiro atoms. The van der Waals surface area contributed by atoms with Crippen molar-refractivity contribution in [2.75, 3.05) is 20.7 Å². The Hall–Kier alpha value is -1.10. The van der Waals surface area contributed by atoms with Crippen molar-refractivity contribution in [1.29, 1.82) is 0 Å². The van der Waals surface area contributed by atoms with E-state index in [1.165, 1.54) is 20.0 Å². The fraction of sp³-hybridized carbons (Fsp3) is 0.833. The number of hydrogen-bond donors (Lipinski definition) is 1. The molecular formula is C12H22N2O3. The van der Waals surface area contributed by atoms with Gasteiger partial charge in [0.25, 0.3) is 0 Å². The molecule has 1 rings (SSSR count). The Balaban J connectivity index is 2.69. The predicted molar refractivity (Wildman–Crippen MR) is 64.5 cm³/mol. The molecule has 1 aliphatic carbocycles. The predicted octanol–water partition coefficient (Wildman–Crippen LogP) is 0.538. The zero-order valence-corrected chi connectivity index (χ0v) is 10.9. The maximum absolute atomic E-state index is 11.7. The van der Waals surface area contributed by atoms with Gasteiger partial charge in [-0.25, -0.2) is 0 Å². The summed E-state index contributed by atoms with van der Waals surface area (Å²) in [6.07, 6.45) is 4.45. The van der Waals surface area contributed by atoms with Crippen LogP contribution in [-0.4, -0.2) is 49.6 Å². The van der Waals surface area contributed by atoms with Crippen molar-refractivity contribution in [3.05, 3.63) is 0 Å². The van der Waals surface area contributed by atoms with Gasteiger partial charge in [0.15, 0.2) is 0 Å². The highest BCUT2D eigenvalue weighted by atomic mass is 16.5. The molecule has 1 atom stereocenters. The number of carbonyl (C=O) groups is 2. The quantitative estimate of drug-likeness (QED) is 0.715. The summed E-state index contributed by atoms with van der Waals surface area (Å²) in [5.41, 5.74) is 0. The molecule has 1 fully saturated rings. The Labute approximate surface area is 102 Å². The van der Waals surface area contributed by atoms with Crippen molar-refractivity contribution in [1.82, 2.24) is 10.2 Å². The molecule has 0 heterocycles. The van der Waals surface area contributed by atoms with E-state index in [0.29, 0.717) is 6.04 Å². The van der Waals surface area contributed by atoms with E-state index in [2.05, 4.69) is 5.32 Å². The Bertz CT molecular complexity index is 275. The molecule has 0 aliphatic heterocycles. The van der Waals surface area contributed by atoms with Gasteiger partial charge in [-0.05, 0) is 19.8 Å². The zero-order chi connectivity index (χ0) is 12.8. The third-order valence-corrected chi connectivity index (χ3v) is 3.46. The molecule has 17 heavy (non-hydrogen) atoms. The van der Waals surface area contributed by atoms with E-state index in [0.717, 1.165) is 12.8 Å². The lowest BCUT2D eigenvalue weighted by Gasteiger charge is -2.32. The van der Waals surface area contributed by atoms with Gasteiger partial charge in [-0.2, -0.15) is 0 Å². The van der Waals surface area contributed by atoms with E-state index < -0.39 is 0 Å². The first kappa shape index (κ1) is 14.0. The smallest absolute Gasteiger partial charge is 0.319 e. The Kier molecular flexibility index (Phi) is 5.41. The fourth-order valence-corrected chi connectivity index (χ4v) is 2.39. The fourth-order valence-electron chi connectivity index (χ4n) is 2.39. The zero-order valence-electron chi connectivity index (χ0n) is 10.9. The Morgan fingerprint density at radius 1 is 1.41 bits per heavy atom. The normalized spacial score (nSPS) is 18.1. The summed E-state index contributed by atoms with van der Waals surface area (Å²) in [5.74, 6) is -0.339. The van der Waals surface area contributed by atoms with Crippen molar-refractivity contribution in [3.63, 3.8) is 0 Å². The number of amides is 1. The average Bonchev–Trinajstić information content (AvgIpc) is 2.87. The first-order chi connectivity index (χ1) is 8.10. The number of ether oxygens (including phenoxy) is 1. The van der Waals surface area contributed by atoms with Crippen molar-refractivity contribution in [2.45, 2.75) is 44.7 Å². The van der Waals surface area contributed by atoms with Crippen LogP contribution >= 0.6 is 0 Å². The van der Waals surface area contributed by atoms with Crippen LogP contribution in [0.4, 0.5) is 0 Å². The molecule has 0 aromatic heterocycles. The number of esters is 1. The monoisotopic (exact) mass is 242 g/mol. The van der Waals surface area contributed by atoms with Gasteiger partial charge in [-0.3, -0.25) is 14.5 Å². The van der Waals surface area contributed by atoms with Crippen LogP contribution in [0.5, 0.6) is 0 Å². The first-order valence-corrected chi connectivity index (χ1v) is 6.14. The molecule has 98 valence electrons. The maximum atomic E-state index is 11.7. The third-order valence-electron chi connectivity index (χ3n) is 3.46. The molecule has 0 saturated heterocycles. The van der Waals surface area contributed by atoms with Gasteiger partial charge < -0.3 is 10.1 Å². The van der Waals surface area contributed by atoms with E-state index in [1.807, 2.05) is 11.8 Å². The van der Waals surface area contributed by atoms with Gasteiger partial charge in [0.1, 0.15) is 0 Å². The molecule has 5 heteroatoms. The molecule has 1 unspecified atom stereocenters. The largest absolute Gasteiger partial charge is 0.468 e. The summed E-state index contributed by atoms with van der Waals surface area (Å²) in [7, 11) is 2.99. The maximum Gasteiger partial charge on any atom is 0.319 e. The summed E-state index contributed by atoms with van der Waals surface area (Å²) in [5, 5.41) is 2.63. The number of rotatable bonds is 5. The van der Waals surface area contributed by atoms with Crippen LogP contribution in [0.2, 0.25) is 0 Å². The van der Waals surface area contributed by atoms with Crippen LogP contribution < -0.4 is 5.32 Å². The summed E-state index contributed by atoms with van der Waals surface area (Å²) < 4.78 is 4.69. The van der Waals surface area contributed by atoms with Gasteiger partial charge in [-0.1, -0.05) is 12.8 Å². The molecular weight excluding hydrogens is 220 g/mol. The molecule has 0 radical (unpaired) electrons. The number of hydrogen-bond acceptors (Lipinski definition) is 4. The number of nitrogens with zero attached hydrogens (tertiary/aromatic N) is 1. The van der Waals surface area contributed by atoms with Crippen molar-refractivity contribution < 1.29 is 14.3 Å². The first-order valence-electron chi connectivity index (χ1n) is 6.14. The lowest BCUT2D eigenvalue weighted by atomic mass is 10.1. The Morgan fingerprint density at radius 3 is 2.47 bits per heavy atom. The lowest BCUT2D eigenvalue weighted by Crippen LogP contribution is -2.50. The lowest BCUT2D eigenvalue weighted by molar-refractivity contribution is -0.144.